The molecule has 0 aromatic rings. The number of unbranched alkanes of at least 4 members (excludes halogenated alkanes) is 1. The summed E-state index contributed by atoms with van der Waals surface area (Å²) in [5.41, 5.74) is -1.18. The average Bonchev–Trinajstić information content (AvgIpc) is 2.28. The van der Waals surface area contributed by atoms with Crippen LogP contribution in [0.1, 0.15) is 59.8 Å². The molecule has 0 heterocycles. The predicted octanol–water partition coefficient (Wildman–Crippen LogP) is 2.76. The number of amides is 2. The number of carbonyl (C=O) groups is 2. The fraction of sp³-hybridized carbons (Fsp3) is 0.857. The molecule has 0 radical (unpaired) electrons. The van der Waals surface area contributed by atoms with Gasteiger partial charge in [-0.1, -0.05) is 40.0 Å². The van der Waals surface area contributed by atoms with Gasteiger partial charge < -0.3 is 15.7 Å². The van der Waals surface area contributed by atoms with Crippen LogP contribution in [0.2, 0.25) is 0 Å². The number of hydrogen-bond donors (Lipinski definition) is 3. The van der Waals surface area contributed by atoms with Gasteiger partial charge in [0, 0.05) is 6.54 Å². The first-order valence-electron chi connectivity index (χ1n) is 7.11. The third-order valence-corrected chi connectivity index (χ3v) is 3.11. The first-order chi connectivity index (χ1) is 8.81. The molecule has 0 rings (SSSR count). The Morgan fingerprint density at radius 2 is 1.89 bits per heavy atom. The molecule has 19 heavy (non-hydrogen) atoms. The van der Waals surface area contributed by atoms with Crippen molar-refractivity contribution in [3.05, 3.63) is 0 Å². The second kappa shape index (κ2) is 8.77. The third-order valence-electron chi connectivity index (χ3n) is 3.11. The van der Waals surface area contributed by atoms with Crippen LogP contribution in [0.3, 0.4) is 0 Å². The Bertz CT molecular complexity index is 292. The molecule has 0 saturated carbocycles. The van der Waals surface area contributed by atoms with Crippen molar-refractivity contribution >= 4 is 12.0 Å². The van der Waals surface area contributed by atoms with Crippen molar-refractivity contribution < 1.29 is 14.7 Å². The summed E-state index contributed by atoms with van der Waals surface area (Å²) in [4.78, 5) is 22.8. The van der Waals surface area contributed by atoms with E-state index in [0.29, 0.717) is 25.3 Å². The molecule has 0 aliphatic carbocycles. The summed E-state index contributed by atoms with van der Waals surface area (Å²) >= 11 is 0. The smallest absolute Gasteiger partial charge is 0.329 e. The van der Waals surface area contributed by atoms with Gasteiger partial charge in [-0.25, -0.2) is 9.59 Å². The largest absolute Gasteiger partial charge is 0.480 e. The van der Waals surface area contributed by atoms with Crippen LogP contribution < -0.4 is 10.6 Å². The minimum atomic E-state index is -1.18. The summed E-state index contributed by atoms with van der Waals surface area (Å²) in [6, 6.07) is -0.400. The molecule has 1 atom stereocenters. The van der Waals surface area contributed by atoms with E-state index in [1.54, 1.807) is 0 Å². The van der Waals surface area contributed by atoms with Crippen molar-refractivity contribution in [3.63, 3.8) is 0 Å². The van der Waals surface area contributed by atoms with Crippen molar-refractivity contribution in [2.45, 2.75) is 65.3 Å². The number of nitrogens with one attached hydrogen (secondary N) is 2. The first kappa shape index (κ1) is 17.7. The Labute approximate surface area is 116 Å². The summed E-state index contributed by atoms with van der Waals surface area (Å²) in [5, 5.41) is 14.4. The number of carbonyl (C=O) groups excluding carboxylic acids is 1. The lowest BCUT2D eigenvalue weighted by molar-refractivity contribution is -0.144. The number of rotatable bonds is 9. The molecule has 112 valence electrons. The first-order valence-corrected chi connectivity index (χ1v) is 7.11. The lowest BCUT2D eigenvalue weighted by Gasteiger charge is -2.25. The highest BCUT2D eigenvalue weighted by atomic mass is 16.4. The molecule has 0 aliphatic heterocycles. The molecular formula is C14H28N2O3. The Kier molecular flexibility index (Phi) is 8.19. The molecule has 0 bridgehead atoms. The van der Waals surface area contributed by atoms with Gasteiger partial charge in [0.1, 0.15) is 5.54 Å². The van der Waals surface area contributed by atoms with Crippen molar-refractivity contribution in [1.82, 2.24) is 10.6 Å². The maximum atomic E-state index is 11.6. The molecule has 2 amide bonds. The van der Waals surface area contributed by atoms with E-state index >= 15 is 0 Å². The van der Waals surface area contributed by atoms with Crippen molar-refractivity contribution in [1.29, 1.82) is 0 Å². The third kappa shape index (κ3) is 7.70. The molecular weight excluding hydrogens is 244 g/mol. The molecule has 0 aromatic carbocycles. The highest BCUT2D eigenvalue weighted by Gasteiger charge is 2.33. The van der Waals surface area contributed by atoms with Gasteiger partial charge in [-0.2, -0.15) is 0 Å². The van der Waals surface area contributed by atoms with Crippen molar-refractivity contribution in [3.8, 4) is 0 Å². The molecule has 5 nitrogen and oxygen atoms in total. The van der Waals surface area contributed by atoms with E-state index in [1.807, 2.05) is 6.92 Å². The Balaban J connectivity index is 3.98. The van der Waals surface area contributed by atoms with Crippen molar-refractivity contribution in [2.24, 2.45) is 5.92 Å². The second-order valence-electron chi connectivity index (χ2n) is 5.66. The molecule has 0 aromatic heterocycles. The number of hydrogen-bond acceptors (Lipinski definition) is 2. The second-order valence-corrected chi connectivity index (χ2v) is 5.66. The summed E-state index contributed by atoms with van der Waals surface area (Å²) in [5.74, 6) is -0.321. The summed E-state index contributed by atoms with van der Waals surface area (Å²) < 4.78 is 0. The highest BCUT2D eigenvalue weighted by molar-refractivity contribution is 5.85. The van der Waals surface area contributed by atoms with E-state index in [0.717, 1.165) is 19.3 Å². The van der Waals surface area contributed by atoms with E-state index in [2.05, 4.69) is 24.5 Å². The SMILES string of the molecule is CCCC(C)(NC(=O)NCCCCC(C)C)C(=O)O. The number of carboxylic acids is 1. The minimum Gasteiger partial charge on any atom is -0.480 e. The van der Waals surface area contributed by atoms with E-state index in [1.165, 1.54) is 6.92 Å². The van der Waals surface area contributed by atoms with Crippen LogP contribution in [0.25, 0.3) is 0 Å². The van der Waals surface area contributed by atoms with Gasteiger partial charge in [0.05, 0.1) is 0 Å². The molecule has 0 saturated heterocycles. The van der Waals surface area contributed by atoms with Crippen LogP contribution in [-0.2, 0) is 4.79 Å². The maximum Gasteiger partial charge on any atom is 0.329 e. The number of urea groups is 1. The Hall–Kier alpha value is -1.26. The van der Waals surface area contributed by atoms with Gasteiger partial charge in [-0.15, -0.1) is 0 Å². The quantitative estimate of drug-likeness (QED) is 0.565. The Morgan fingerprint density at radius 1 is 1.26 bits per heavy atom. The highest BCUT2D eigenvalue weighted by Crippen LogP contribution is 2.12. The van der Waals surface area contributed by atoms with Gasteiger partial charge in [0.15, 0.2) is 0 Å². The van der Waals surface area contributed by atoms with Crippen LogP contribution in [0.15, 0.2) is 0 Å². The molecule has 1 unspecified atom stereocenters. The summed E-state index contributed by atoms with van der Waals surface area (Å²) in [6.45, 7) is 8.36. The van der Waals surface area contributed by atoms with Crippen molar-refractivity contribution in [2.75, 3.05) is 6.54 Å². The molecule has 0 aliphatic rings. The average molecular weight is 272 g/mol. The zero-order chi connectivity index (χ0) is 14.9. The van der Waals surface area contributed by atoms with Crippen LogP contribution in [-0.4, -0.2) is 29.2 Å². The fourth-order valence-corrected chi connectivity index (χ4v) is 1.90. The molecule has 0 fully saturated rings. The topological polar surface area (TPSA) is 78.4 Å². The summed E-state index contributed by atoms with van der Waals surface area (Å²) in [6.07, 6.45) is 4.26. The van der Waals surface area contributed by atoms with E-state index in [4.69, 9.17) is 5.11 Å². The zero-order valence-corrected chi connectivity index (χ0v) is 12.6. The Morgan fingerprint density at radius 3 is 2.37 bits per heavy atom. The summed E-state index contributed by atoms with van der Waals surface area (Å²) in [7, 11) is 0. The van der Waals surface area contributed by atoms with Crippen LogP contribution in [0.4, 0.5) is 4.79 Å². The van der Waals surface area contributed by atoms with Gasteiger partial charge >= 0.3 is 12.0 Å². The monoisotopic (exact) mass is 272 g/mol. The van der Waals surface area contributed by atoms with E-state index in [9.17, 15) is 9.59 Å². The van der Waals surface area contributed by atoms with Gasteiger partial charge in [-0.05, 0) is 25.7 Å². The van der Waals surface area contributed by atoms with Crippen LogP contribution in [0.5, 0.6) is 0 Å². The standard InChI is InChI=1S/C14H28N2O3/c1-5-9-14(4,12(17)18)16-13(19)15-10-7-6-8-11(2)3/h11H,5-10H2,1-4H3,(H,17,18)(H2,15,16,19). The minimum absolute atomic E-state index is 0.400. The lowest BCUT2D eigenvalue weighted by Crippen LogP contribution is -2.55. The lowest BCUT2D eigenvalue weighted by atomic mass is 9.97. The zero-order valence-electron chi connectivity index (χ0n) is 12.6. The maximum absolute atomic E-state index is 11.6. The van der Waals surface area contributed by atoms with Gasteiger partial charge in [0.25, 0.3) is 0 Å². The van der Waals surface area contributed by atoms with E-state index in [-0.39, 0.29) is 0 Å². The van der Waals surface area contributed by atoms with E-state index < -0.39 is 17.5 Å². The van der Waals surface area contributed by atoms with Crippen LogP contribution >= 0.6 is 0 Å². The number of aliphatic carboxylic acids is 1. The van der Waals surface area contributed by atoms with Crippen LogP contribution in [0, 0.1) is 5.92 Å². The molecule has 0 spiro atoms. The molecule has 3 N–H and O–H groups in total. The number of carboxylic acid groups (broad SMARTS) is 1. The van der Waals surface area contributed by atoms with Gasteiger partial charge in [0.2, 0.25) is 0 Å². The fourth-order valence-electron chi connectivity index (χ4n) is 1.90. The molecule has 5 heteroatoms. The normalized spacial score (nSPS) is 13.9. The predicted molar refractivity (Wildman–Crippen MR) is 76.2 cm³/mol. The van der Waals surface area contributed by atoms with Gasteiger partial charge in [-0.3, -0.25) is 0 Å².